The first kappa shape index (κ1) is 14.0. The number of rotatable bonds is 1. The van der Waals surface area contributed by atoms with Crippen LogP contribution in [0.15, 0.2) is 54.7 Å². The lowest BCUT2D eigenvalue weighted by atomic mass is 10.2. The quantitative estimate of drug-likeness (QED) is 0.487. The summed E-state index contributed by atoms with van der Waals surface area (Å²) in [5, 5.41) is 11.4. The summed E-state index contributed by atoms with van der Waals surface area (Å²) in [4.78, 5) is 13.4. The molecule has 2 aromatic carbocycles. The highest BCUT2D eigenvalue weighted by molar-refractivity contribution is 7.21. The van der Waals surface area contributed by atoms with E-state index in [2.05, 4.69) is 6.07 Å². The molecule has 2 heterocycles. The van der Waals surface area contributed by atoms with Crippen LogP contribution in [0.5, 0.6) is 0 Å². The maximum Gasteiger partial charge on any atom is 0.274 e. The van der Waals surface area contributed by atoms with Crippen molar-refractivity contribution < 1.29 is 4.79 Å². The molecule has 5 heteroatoms. The predicted molar refractivity (Wildman–Crippen MR) is 93.2 cm³/mol. The average molecular weight is 337 g/mol. The Labute approximate surface area is 140 Å². The van der Waals surface area contributed by atoms with E-state index in [1.54, 1.807) is 6.20 Å². The van der Waals surface area contributed by atoms with Crippen molar-refractivity contribution in [2.75, 3.05) is 0 Å². The molecule has 0 atom stereocenters. The van der Waals surface area contributed by atoms with Crippen LogP contribution in [-0.2, 0) is 0 Å². The average Bonchev–Trinajstić information content (AvgIpc) is 3.13. The molecule has 0 bridgehead atoms. The van der Waals surface area contributed by atoms with E-state index >= 15 is 0 Å². The number of hydrogen-bond acceptors (Lipinski definition) is 3. The third-order valence-electron chi connectivity index (χ3n) is 3.78. The van der Waals surface area contributed by atoms with Gasteiger partial charge in [0, 0.05) is 21.7 Å². The molecule has 23 heavy (non-hydrogen) atoms. The summed E-state index contributed by atoms with van der Waals surface area (Å²) in [7, 11) is 0. The second-order valence-corrected chi connectivity index (χ2v) is 6.52. The Morgan fingerprint density at radius 1 is 1.09 bits per heavy atom. The Morgan fingerprint density at radius 2 is 1.78 bits per heavy atom. The van der Waals surface area contributed by atoms with Gasteiger partial charge in [0.05, 0.1) is 16.1 Å². The van der Waals surface area contributed by atoms with Crippen molar-refractivity contribution in [3.05, 3.63) is 70.2 Å². The van der Waals surface area contributed by atoms with E-state index in [1.165, 1.54) is 15.9 Å². The first-order chi connectivity index (χ1) is 11.2. The van der Waals surface area contributed by atoms with Gasteiger partial charge < -0.3 is 0 Å². The molecule has 0 aliphatic carbocycles. The van der Waals surface area contributed by atoms with E-state index in [4.69, 9.17) is 11.6 Å². The molecule has 0 N–H and O–H groups in total. The van der Waals surface area contributed by atoms with E-state index in [-0.39, 0.29) is 5.91 Å². The Morgan fingerprint density at radius 3 is 2.52 bits per heavy atom. The molecule has 0 unspecified atom stereocenters. The zero-order valence-electron chi connectivity index (χ0n) is 11.8. The first-order valence-corrected chi connectivity index (χ1v) is 8.12. The van der Waals surface area contributed by atoms with Gasteiger partial charge in [-0.2, -0.15) is 5.26 Å². The molecule has 0 aliphatic heterocycles. The van der Waals surface area contributed by atoms with Crippen molar-refractivity contribution in [1.29, 1.82) is 5.26 Å². The molecule has 0 radical (unpaired) electrons. The van der Waals surface area contributed by atoms with Gasteiger partial charge in [-0.3, -0.25) is 9.36 Å². The lowest BCUT2D eigenvalue weighted by Crippen LogP contribution is -2.09. The van der Waals surface area contributed by atoms with Crippen molar-refractivity contribution in [1.82, 2.24) is 4.57 Å². The molecule has 0 fully saturated rings. The minimum atomic E-state index is -0.214. The zero-order valence-corrected chi connectivity index (χ0v) is 13.4. The lowest BCUT2D eigenvalue weighted by Gasteiger charge is -2.02. The monoisotopic (exact) mass is 336 g/mol. The van der Waals surface area contributed by atoms with E-state index < -0.39 is 0 Å². The maximum atomic E-state index is 13.0. The number of thiophene rings is 1. The van der Waals surface area contributed by atoms with E-state index in [0.717, 1.165) is 15.5 Å². The summed E-state index contributed by atoms with van der Waals surface area (Å²) in [5.74, 6) is -0.214. The molecule has 110 valence electrons. The number of benzene rings is 2. The molecule has 2 aromatic heterocycles. The number of carbonyl (C=O) groups excluding carboxylic acids is 1. The van der Waals surface area contributed by atoms with Gasteiger partial charge in [0.25, 0.3) is 5.91 Å². The second-order valence-electron chi connectivity index (χ2n) is 5.09. The molecule has 0 saturated heterocycles. The summed E-state index contributed by atoms with van der Waals surface area (Å²) in [6.45, 7) is 0. The molecular weight excluding hydrogens is 328 g/mol. The highest BCUT2D eigenvalue weighted by Gasteiger charge is 2.21. The van der Waals surface area contributed by atoms with Crippen molar-refractivity contribution in [3.63, 3.8) is 0 Å². The van der Waals surface area contributed by atoms with Crippen LogP contribution in [0.3, 0.4) is 0 Å². The molecule has 3 nitrogen and oxygen atoms in total. The van der Waals surface area contributed by atoms with Crippen LogP contribution in [0, 0.1) is 11.3 Å². The molecular formula is C18H9ClN2OS. The summed E-state index contributed by atoms with van der Waals surface area (Å²) in [6.07, 6.45) is 1.58. The Balaban J connectivity index is 1.95. The number of nitrogens with zero attached hydrogens (tertiary/aromatic N) is 2. The summed E-state index contributed by atoms with van der Waals surface area (Å²) < 4.78 is 2.47. The van der Waals surface area contributed by atoms with Gasteiger partial charge in [-0.25, -0.2) is 0 Å². The fourth-order valence-electron chi connectivity index (χ4n) is 2.70. The summed E-state index contributed by atoms with van der Waals surface area (Å²) in [5.41, 5.74) is 1.19. The number of fused-ring (bicyclic) bond motifs is 2. The maximum absolute atomic E-state index is 13.0. The van der Waals surface area contributed by atoms with E-state index in [0.29, 0.717) is 21.0 Å². The van der Waals surface area contributed by atoms with Gasteiger partial charge in [-0.15, -0.1) is 11.3 Å². The van der Waals surface area contributed by atoms with Gasteiger partial charge in [-0.05, 0) is 12.1 Å². The molecule has 4 aromatic rings. The minimum Gasteiger partial charge on any atom is -0.281 e. The van der Waals surface area contributed by atoms with Gasteiger partial charge >= 0.3 is 0 Å². The third kappa shape index (κ3) is 2.06. The Kier molecular flexibility index (Phi) is 3.19. The van der Waals surface area contributed by atoms with Crippen LogP contribution in [-0.4, -0.2) is 10.5 Å². The fourth-order valence-corrected chi connectivity index (χ4v) is 4.15. The third-order valence-corrected chi connectivity index (χ3v) is 5.44. The number of halogens is 1. The molecule has 0 saturated carbocycles. The van der Waals surface area contributed by atoms with Crippen LogP contribution in [0.2, 0.25) is 5.02 Å². The van der Waals surface area contributed by atoms with E-state index in [1.807, 2.05) is 48.5 Å². The van der Waals surface area contributed by atoms with Crippen molar-refractivity contribution in [3.8, 4) is 6.07 Å². The predicted octanol–water partition coefficient (Wildman–Crippen LogP) is 5.07. The van der Waals surface area contributed by atoms with Crippen LogP contribution >= 0.6 is 22.9 Å². The largest absolute Gasteiger partial charge is 0.281 e. The van der Waals surface area contributed by atoms with E-state index in [9.17, 15) is 10.1 Å². The normalized spacial score (nSPS) is 11.0. The summed E-state index contributed by atoms with van der Waals surface area (Å²) >= 11 is 7.77. The number of para-hydroxylation sites is 1. The number of nitriles is 1. The Bertz CT molecular complexity index is 1120. The van der Waals surface area contributed by atoms with Crippen LogP contribution in [0.25, 0.3) is 21.0 Å². The van der Waals surface area contributed by atoms with Crippen LogP contribution in [0.4, 0.5) is 0 Å². The van der Waals surface area contributed by atoms with Gasteiger partial charge in [0.2, 0.25) is 0 Å². The lowest BCUT2D eigenvalue weighted by molar-refractivity contribution is 0.0969. The summed E-state index contributed by atoms with van der Waals surface area (Å²) in [6, 6.07) is 17.2. The number of aromatic nitrogens is 1. The standard InChI is InChI=1S/C18H9ClN2OS/c19-16-13-6-2-4-8-15(13)23-17(16)18(22)21-10-11(9-20)12-5-1-3-7-14(12)21/h1-8,10H. The van der Waals surface area contributed by atoms with Gasteiger partial charge in [0.1, 0.15) is 10.9 Å². The molecule has 4 rings (SSSR count). The topological polar surface area (TPSA) is 45.8 Å². The van der Waals surface area contributed by atoms with Crippen LogP contribution < -0.4 is 0 Å². The van der Waals surface area contributed by atoms with Gasteiger partial charge in [0.15, 0.2) is 0 Å². The second kappa shape index (κ2) is 5.24. The SMILES string of the molecule is N#Cc1cn(C(=O)c2sc3ccccc3c2Cl)c2ccccc12. The van der Waals surface area contributed by atoms with Gasteiger partial charge in [-0.1, -0.05) is 48.0 Å². The van der Waals surface area contributed by atoms with Crippen LogP contribution in [0.1, 0.15) is 15.2 Å². The highest BCUT2D eigenvalue weighted by Crippen LogP contribution is 2.36. The smallest absolute Gasteiger partial charge is 0.274 e. The fraction of sp³-hybridized carbons (Fsp3) is 0. The molecule has 0 aliphatic rings. The number of carbonyl (C=O) groups is 1. The number of hydrogen-bond donors (Lipinski definition) is 0. The molecule has 0 spiro atoms. The minimum absolute atomic E-state index is 0.214. The molecule has 0 amide bonds. The van der Waals surface area contributed by atoms with Crippen molar-refractivity contribution >= 4 is 49.8 Å². The zero-order chi connectivity index (χ0) is 16.0. The van der Waals surface area contributed by atoms with Crippen molar-refractivity contribution in [2.24, 2.45) is 0 Å². The Hall–Kier alpha value is -2.61. The highest BCUT2D eigenvalue weighted by atomic mass is 35.5. The van der Waals surface area contributed by atoms with Crippen molar-refractivity contribution in [2.45, 2.75) is 0 Å². The first-order valence-electron chi connectivity index (χ1n) is 6.92.